The van der Waals surface area contributed by atoms with Gasteiger partial charge in [-0.1, -0.05) is 0 Å². The minimum atomic E-state index is -3.30. The Bertz CT molecular complexity index is 1810. The number of hydrogen-bond donors (Lipinski definition) is 1. The summed E-state index contributed by atoms with van der Waals surface area (Å²) in [6.45, 7) is 1.05. The predicted octanol–water partition coefficient (Wildman–Crippen LogP) is 4.30. The van der Waals surface area contributed by atoms with Crippen molar-refractivity contribution < 1.29 is 36.6 Å². The van der Waals surface area contributed by atoms with Gasteiger partial charge < -0.3 is 19.5 Å². The molecule has 2 aromatic carbocycles. The number of nitrogens with one attached hydrogen (secondary N) is 1. The molecule has 0 bridgehead atoms. The molecule has 2 aromatic heterocycles. The number of benzene rings is 2. The molecule has 3 heterocycles. The van der Waals surface area contributed by atoms with E-state index in [1.54, 1.807) is 19.3 Å². The minimum Gasteiger partial charge on any atom is -0.496 e. The Hall–Kier alpha value is -4.68. The van der Waals surface area contributed by atoms with Crippen LogP contribution < -0.4 is 14.8 Å². The molecule has 11 nitrogen and oxygen atoms in total. The van der Waals surface area contributed by atoms with Gasteiger partial charge in [0.05, 0.1) is 55.9 Å². The van der Waals surface area contributed by atoms with E-state index in [4.69, 9.17) is 14.2 Å². The predicted molar refractivity (Wildman–Crippen MR) is 158 cm³/mol. The highest BCUT2D eigenvalue weighted by molar-refractivity contribution is 6.03. The third kappa shape index (κ3) is 6.35. The second-order valence-corrected chi connectivity index (χ2v) is 11.3. The van der Waals surface area contributed by atoms with Crippen molar-refractivity contribution in [2.45, 2.75) is 25.5 Å². The quantitative estimate of drug-likeness (QED) is 0.241. The maximum Gasteiger partial charge on any atom is 0.387 e. The largest absolute Gasteiger partial charge is 0.496 e. The van der Waals surface area contributed by atoms with Gasteiger partial charge in [-0.25, -0.2) is 8.78 Å². The van der Waals surface area contributed by atoms with Crippen molar-refractivity contribution >= 4 is 16.8 Å². The van der Waals surface area contributed by atoms with Crippen LogP contribution in [-0.2, 0) is 18.3 Å². The summed E-state index contributed by atoms with van der Waals surface area (Å²) in [5.74, 6) is -5.43. The molecule has 1 N–H and O–H groups in total. The van der Waals surface area contributed by atoms with E-state index in [9.17, 15) is 27.6 Å². The SMILES string of the molecule is COc1cc(-c2c3c(C#N)cc(-c4cnn(CCN5CCOCC5)c4)cc3nn2C)cc(OC(F)F)c1C(=O)NC[C@H]1CC1(F)F. The Kier molecular flexibility index (Phi) is 8.58. The molecule has 1 amide bonds. The molecular weight excluding hydrogens is 610 g/mol. The van der Waals surface area contributed by atoms with Crippen LogP contribution in [0.2, 0.25) is 0 Å². The third-order valence-corrected chi connectivity index (χ3v) is 8.24. The molecule has 4 aromatic rings. The highest BCUT2D eigenvalue weighted by atomic mass is 19.3. The Labute approximate surface area is 261 Å². The molecule has 2 aliphatic rings. The van der Waals surface area contributed by atoms with Gasteiger partial charge in [0.1, 0.15) is 17.1 Å². The maximum atomic E-state index is 13.5. The van der Waals surface area contributed by atoms with E-state index in [1.807, 2.05) is 16.9 Å². The van der Waals surface area contributed by atoms with Crippen molar-refractivity contribution in [2.75, 3.05) is 46.5 Å². The molecule has 0 spiro atoms. The molecule has 1 atom stereocenters. The van der Waals surface area contributed by atoms with Crippen LogP contribution >= 0.6 is 0 Å². The number of nitrogens with zero attached hydrogens (tertiary/aromatic N) is 6. The van der Waals surface area contributed by atoms with Crippen molar-refractivity contribution in [2.24, 2.45) is 13.0 Å². The molecule has 242 valence electrons. The van der Waals surface area contributed by atoms with Crippen LogP contribution in [0, 0.1) is 17.2 Å². The average molecular weight is 642 g/mol. The number of halogens is 4. The van der Waals surface area contributed by atoms with Crippen LogP contribution in [0.5, 0.6) is 11.5 Å². The lowest BCUT2D eigenvalue weighted by molar-refractivity contribution is -0.0502. The van der Waals surface area contributed by atoms with E-state index in [1.165, 1.54) is 23.9 Å². The molecule has 1 aliphatic carbocycles. The first kappa shape index (κ1) is 31.3. The smallest absolute Gasteiger partial charge is 0.387 e. The number of ether oxygens (including phenoxy) is 3. The lowest BCUT2D eigenvalue weighted by Crippen LogP contribution is -2.38. The second kappa shape index (κ2) is 12.6. The zero-order valence-electron chi connectivity index (χ0n) is 25.1. The summed E-state index contributed by atoms with van der Waals surface area (Å²) in [7, 11) is 2.88. The number of methoxy groups -OCH3 is 1. The fourth-order valence-corrected chi connectivity index (χ4v) is 5.71. The molecule has 0 radical (unpaired) electrons. The number of carbonyl (C=O) groups is 1. The molecule has 6 rings (SSSR count). The number of rotatable bonds is 11. The first-order chi connectivity index (χ1) is 22.1. The fourth-order valence-electron chi connectivity index (χ4n) is 5.71. The summed E-state index contributed by atoms with van der Waals surface area (Å²) < 4.78 is 72.6. The summed E-state index contributed by atoms with van der Waals surface area (Å²) in [5, 5.41) is 22.1. The van der Waals surface area contributed by atoms with Crippen molar-refractivity contribution in [1.29, 1.82) is 5.26 Å². The molecule has 2 fully saturated rings. The first-order valence-electron chi connectivity index (χ1n) is 14.6. The van der Waals surface area contributed by atoms with Gasteiger partial charge in [-0.3, -0.25) is 19.1 Å². The van der Waals surface area contributed by atoms with Gasteiger partial charge in [0, 0.05) is 68.3 Å². The van der Waals surface area contributed by atoms with E-state index >= 15 is 0 Å². The van der Waals surface area contributed by atoms with E-state index in [2.05, 4.69) is 26.5 Å². The molecule has 0 unspecified atom stereocenters. The van der Waals surface area contributed by atoms with E-state index in [-0.39, 0.29) is 35.4 Å². The van der Waals surface area contributed by atoms with Gasteiger partial charge in [0.15, 0.2) is 0 Å². The molecule has 15 heteroatoms. The van der Waals surface area contributed by atoms with Gasteiger partial charge >= 0.3 is 6.61 Å². The summed E-state index contributed by atoms with van der Waals surface area (Å²) in [6, 6.07) is 8.39. The van der Waals surface area contributed by atoms with Crippen molar-refractivity contribution in [3.63, 3.8) is 0 Å². The second-order valence-electron chi connectivity index (χ2n) is 11.3. The highest BCUT2D eigenvalue weighted by Gasteiger charge is 2.56. The monoisotopic (exact) mass is 641 g/mol. The van der Waals surface area contributed by atoms with Gasteiger partial charge in [-0.15, -0.1) is 0 Å². The first-order valence-corrected chi connectivity index (χ1v) is 14.6. The van der Waals surface area contributed by atoms with Crippen LogP contribution in [0.1, 0.15) is 22.3 Å². The Morgan fingerprint density at radius 1 is 1.15 bits per heavy atom. The van der Waals surface area contributed by atoms with Gasteiger partial charge in [0.2, 0.25) is 0 Å². The summed E-state index contributed by atoms with van der Waals surface area (Å²) >= 11 is 0. The lowest BCUT2D eigenvalue weighted by Gasteiger charge is -2.26. The van der Waals surface area contributed by atoms with Crippen LogP contribution in [0.3, 0.4) is 0 Å². The number of nitriles is 1. The number of aryl methyl sites for hydroxylation is 1. The van der Waals surface area contributed by atoms with Crippen LogP contribution in [-0.4, -0.2) is 89.4 Å². The molecule has 1 aliphatic heterocycles. The number of carbonyl (C=O) groups excluding carboxylic acids is 1. The maximum absolute atomic E-state index is 13.5. The normalized spacial score (nSPS) is 17.7. The van der Waals surface area contributed by atoms with E-state index in [0.29, 0.717) is 36.4 Å². The molecule has 1 saturated heterocycles. The summed E-state index contributed by atoms with van der Waals surface area (Å²) in [4.78, 5) is 15.3. The highest BCUT2D eigenvalue weighted by Crippen LogP contribution is 2.48. The standard InChI is InChI=1S/C31H31F4N7O4/c1-40-28(19-11-24(44-2)27(25(12-19)46-30(32)33)29(43)37-16-22-13-31(22,34)35)26-20(14-36)9-18(10-23(26)39-40)21-15-38-42(17-21)4-3-41-5-7-45-8-6-41/h9-12,15,17,22,30H,3-8,13,16H2,1-2H3,(H,37,43)/t22-/m1/s1. The number of aromatic nitrogens is 4. The number of hydrogen-bond acceptors (Lipinski definition) is 8. The number of amides is 1. The van der Waals surface area contributed by atoms with Gasteiger partial charge in [-0.2, -0.15) is 24.2 Å². The van der Waals surface area contributed by atoms with Crippen LogP contribution in [0.15, 0.2) is 36.7 Å². The number of fused-ring (bicyclic) bond motifs is 1. The average Bonchev–Trinajstić information content (AvgIpc) is 3.33. The third-order valence-electron chi connectivity index (χ3n) is 8.24. The van der Waals surface area contributed by atoms with Crippen molar-refractivity contribution in [3.05, 3.63) is 47.8 Å². The summed E-state index contributed by atoms with van der Waals surface area (Å²) in [5.41, 5.74) is 2.56. The van der Waals surface area contributed by atoms with Crippen LogP contribution in [0.25, 0.3) is 33.3 Å². The summed E-state index contributed by atoms with van der Waals surface area (Å²) in [6.07, 6.45) is 3.26. The molecule has 1 saturated carbocycles. The zero-order chi connectivity index (χ0) is 32.6. The number of morpholine rings is 1. The minimum absolute atomic E-state index is 0.123. The topological polar surface area (TPSA) is 119 Å². The fraction of sp³-hybridized carbons (Fsp3) is 0.419. The van der Waals surface area contributed by atoms with Crippen molar-refractivity contribution in [3.8, 4) is 40.0 Å². The molecular formula is C31H31F4N7O4. The Morgan fingerprint density at radius 3 is 2.57 bits per heavy atom. The lowest BCUT2D eigenvalue weighted by atomic mass is 9.97. The Morgan fingerprint density at radius 2 is 1.89 bits per heavy atom. The Balaban J connectivity index is 1.34. The van der Waals surface area contributed by atoms with E-state index in [0.717, 1.165) is 30.8 Å². The van der Waals surface area contributed by atoms with Crippen molar-refractivity contribution in [1.82, 2.24) is 29.8 Å². The zero-order valence-corrected chi connectivity index (χ0v) is 25.1. The van der Waals surface area contributed by atoms with Gasteiger partial charge in [-0.05, 0) is 29.8 Å². The molecule has 46 heavy (non-hydrogen) atoms. The van der Waals surface area contributed by atoms with E-state index < -0.39 is 30.1 Å². The van der Waals surface area contributed by atoms with Gasteiger partial charge in [0.25, 0.3) is 11.8 Å². The number of alkyl halides is 4. The van der Waals surface area contributed by atoms with Crippen LogP contribution in [0.4, 0.5) is 17.6 Å².